The summed E-state index contributed by atoms with van der Waals surface area (Å²) in [4.78, 5) is 0. The molecule has 1 fully saturated rings. The highest BCUT2D eigenvalue weighted by Gasteiger charge is 2.55. The average Bonchev–Trinajstić information content (AvgIpc) is 1.96. The molecule has 72 valence electrons. The molecule has 2 nitrogen and oxygen atoms in total. The number of methoxy groups -OCH3 is 1. The molecule has 0 aromatic carbocycles. The van der Waals surface area contributed by atoms with Gasteiger partial charge in [0.1, 0.15) is 0 Å². The van der Waals surface area contributed by atoms with Gasteiger partial charge in [-0.25, -0.2) is 8.78 Å². The number of hydrogen-bond donors (Lipinski definition) is 1. The maximum atomic E-state index is 12.6. The fourth-order valence-electron chi connectivity index (χ4n) is 1.79. The van der Waals surface area contributed by atoms with Crippen LogP contribution in [0.4, 0.5) is 8.78 Å². The summed E-state index contributed by atoms with van der Waals surface area (Å²) in [6, 6.07) is 0. The summed E-state index contributed by atoms with van der Waals surface area (Å²) < 4.78 is 29.9. The Labute approximate surface area is 71.1 Å². The molecule has 0 aromatic heterocycles. The maximum absolute atomic E-state index is 12.6. The maximum Gasteiger partial charge on any atom is 0.249 e. The SMILES string of the molecule is COCCC1(CN)CC(F)(F)C1. The minimum absolute atomic E-state index is 0.0696. The molecule has 0 aromatic rings. The second kappa shape index (κ2) is 3.26. The van der Waals surface area contributed by atoms with E-state index in [1.165, 1.54) is 0 Å². The van der Waals surface area contributed by atoms with E-state index >= 15 is 0 Å². The Bertz CT molecular complexity index is 153. The summed E-state index contributed by atoms with van der Waals surface area (Å²) in [6.07, 6.45) is 0.509. The summed E-state index contributed by atoms with van der Waals surface area (Å²) >= 11 is 0. The van der Waals surface area contributed by atoms with E-state index in [4.69, 9.17) is 10.5 Å². The van der Waals surface area contributed by atoms with Gasteiger partial charge in [-0.15, -0.1) is 0 Å². The topological polar surface area (TPSA) is 35.2 Å². The Balaban J connectivity index is 2.36. The van der Waals surface area contributed by atoms with E-state index in [1.54, 1.807) is 7.11 Å². The predicted molar refractivity (Wildman–Crippen MR) is 42.2 cm³/mol. The van der Waals surface area contributed by atoms with Crippen molar-refractivity contribution in [3.05, 3.63) is 0 Å². The quantitative estimate of drug-likeness (QED) is 0.708. The third-order valence-electron chi connectivity index (χ3n) is 2.54. The van der Waals surface area contributed by atoms with Gasteiger partial charge in [-0.3, -0.25) is 0 Å². The van der Waals surface area contributed by atoms with E-state index in [0.29, 0.717) is 19.6 Å². The van der Waals surface area contributed by atoms with Gasteiger partial charge in [0.05, 0.1) is 0 Å². The number of ether oxygens (including phenoxy) is 1. The van der Waals surface area contributed by atoms with Crippen LogP contribution in [-0.4, -0.2) is 26.2 Å². The molecule has 0 atom stereocenters. The van der Waals surface area contributed by atoms with E-state index in [-0.39, 0.29) is 18.3 Å². The lowest BCUT2D eigenvalue weighted by Gasteiger charge is -2.46. The smallest absolute Gasteiger partial charge is 0.249 e. The zero-order chi connectivity index (χ0) is 9.24. The van der Waals surface area contributed by atoms with Gasteiger partial charge in [-0.1, -0.05) is 0 Å². The van der Waals surface area contributed by atoms with Gasteiger partial charge in [0, 0.05) is 26.6 Å². The molecule has 0 spiro atoms. The number of halogens is 2. The van der Waals surface area contributed by atoms with Crippen molar-refractivity contribution < 1.29 is 13.5 Å². The van der Waals surface area contributed by atoms with Gasteiger partial charge in [-0.05, 0) is 18.4 Å². The summed E-state index contributed by atoms with van der Waals surface area (Å²) in [7, 11) is 1.57. The van der Waals surface area contributed by atoms with Gasteiger partial charge in [0.25, 0.3) is 0 Å². The second-order valence-corrected chi connectivity index (χ2v) is 3.66. The minimum atomic E-state index is -2.48. The van der Waals surface area contributed by atoms with Crippen molar-refractivity contribution in [2.24, 2.45) is 11.1 Å². The second-order valence-electron chi connectivity index (χ2n) is 3.66. The van der Waals surface area contributed by atoms with Crippen LogP contribution < -0.4 is 5.73 Å². The lowest BCUT2D eigenvalue weighted by atomic mass is 9.64. The summed E-state index contributed by atoms with van der Waals surface area (Å²) in [5.74, 6) is -2.48. The van der Waals surface area contributed by atoms with Crippen LogP contribution in [0.3, 0.4) is 0 Å². The third-order valence-corrected chi connectivity index (χ3v) is 2.54. The van der Waals surface area contributed by atoms with Gasteiger partial charge in [0.15, 0.2) is 0 Å². The summed E-state index contributed by atoms with van der Waals surface area (Å²) in [5, 5.41) is 0. The molecule has 1 aliphatic carbocycles. The Kier molecular flexibility index (Phi) is 2.68. The minimum Gasteiger partial charge on any atom is -0.385 e. The Hall–Kier alpha value is -0.220. The van der Waals surface area contributed by atoms with E-state index in [2.05, 4.69) is 0 Å². The van der Waals surface area contributed by atoms with Crippen LogP contribution >= 0.6 is 0 Å². The number of alkyl halides is 2. The molecule has 4 heteroatoms. The molecule has 0 bridgehead atoms. The van der Waals surface area contributed by atoms with Crippen LogP contribution in [0.15, 0.2) is 0 Å². The molecule has 0 radical (unpaired) electrons. The molecule has 2 N–H and O–H groups in total. The Morgan fingerprint density at radius 1 is 1.42 bits per heavy atom. The summed E-state index contributed by atoms with van der Waals surface area (Å²) in [6.45, 7) is 0.860. The molecule has 0 heterocycles. The van der Waals surface area contributed by atoms with E-state index in [1.807, 2.05) is 0 Å². The molecule has 0 saturated heterocycles. The lowest BCUT2D eigenvalue weighted by Crippen LogP contribution is -2.50. The van der Waals surface area contributed by atoms with Gasteiger partial charge >= 0.3 is 0 Å². The first-order valence-electron chi connectivity index (χ1n) is 4.10. The molecular weight excluding hydrogens is 164 g/mol. The Morgan fingerprint density at radius 2 is 2.00 bits per heavy atom. The number of rotatable bonds is 4. The van der Waals surface area contributed by atoms with Crippen LogP contribution in [-0.2, 0) is 4.74 Å². The molecule has 1 saturated carbocycles. The average molecular weight is 179 g/mol. The normalized spacial score (nSPS) is 25.0. The van der Waals surface area contributed by atoms with Crippen LogP contribution in [0.25, 0.3) is 0 Å². The van der Waals surface area contributed by atoms with E-state index in [9.17, 15) is 8.78 Å². The van der Waals surface area contributed by atoms with Crippen LogP contribution in [0, 0.1) is 5.41 Å². The highest BCUT2D eigenvalue weighted by atomic mass is 19.3. The van der Waals surface area contributed by atoms with Crippen molar-refractivity contribution in [2.45, 2.75) is 25.2 Å². The van der Waals surface area contributed by atoms with Crippen molar-refractivity contribution in [3.63, 3.8) is 0 Å². The first kappa shape index (κ1) is 9.86. The van der Waals surface area contributed by atoms with E-state index in [0.717, 1.165) is 0 Å². The highest BCUT2D eigenvalue weighted by Crippen LogP contribution is 2.53. The zero-order valence-corrected chi connectivity index (χ0v) is 7.28. The molecule has 0 amide bonds. The van der Waals surface area contributed by atoms with Gasteiger partial charge in [-0.2, -0.15) is 0 Å². The third kappa shape index (κ3) is 1.93. The number of hydrogen-bond acceptors (Lipinski definition) is 2. The predicted octanol–water partition coefficient (Wildman–Crippen LogP) is 1.40. The van der Waals surface area contributed by atoms with Crippen molar-refractivity contribution in [2.75, 3.05) is 20.3 Å². The van der Waals surface area contributed by atoms with E-state index < -0.39 is 5.92 Å². The van der Waals surface area contributed by atoms with Crippen molar-refractivity contribution in [1.82, 2.24) is 0 Å². The van der Waals surface area contributed by atoms with Crippen molar-refractivity contribution in [1.29, 1.82) is 0 Å². The first-order chi connectivity index (χ1) is 5.54. The highest BCUT2D eigenvalue weighted by molar-refractivity contribution is 4.99. The Morgan fingerprint density at radius 3 is 2.33 bits per heavy atom. The fourth-order valence-corrected chi connectivity index (χ4v) is 1.79. The van der Waals surface area contributed by atoms with Crippen LogP contribution in [0.5, 0.6) is 0 Å². The number of nitrogens with two attached hydrogens (primary N) is 1. The molecule has 12 heavy (non-hydrogen) atoms. The van der Waals surface area contributed by atoms with Crippen molar-refractivity contribution in [3.8, 4) is 0 Å². The van der Waals surface area contributed by atoms with Gasteiger partial charge < -0.3 is 10.5 Å². The molecular formula is C8H15F2NO. The largest absolute Gasteiger partial charge is 0.385 e. The molecule has 1 aliphatic rings. The van der Waals surface area contributed by atoms with Crippen LogP contribution in [0.1, 0.15) is 19.3 Å². The van der Waals surface area contributed by atoms with Gasteiger partial charge in [0.2, 0.25) is 5.92 Å². The van der Waals surface area contributed by atoms with Crippen molar-refractivity contribution >= 4 is 0 Å². The molecule has 0 aliphatic heterocycles. The fraction of sp³-hybridized carbons (Fsp3) is 1.00. The standard InChI is InChI=1S/C8H15F2NO/c1-12-3-2-7(6-11)4-8(9,10)5-7/h2-6,11H2,1H3. The first-order valence-corrected chi connectivity index (χ1v) is 4.10. The molecule has 1 rings (SSSR count). The lowest BCUT2D eigenvalue weighted by molar-refractivity contribution is -0.163. The zero-order valence-electron chi connectivity index (χ0n) is 7.28. The molecule has 0 unspecified atom stereocenters. The van der Waals surface area contributed by atoms with Crippen LogP contribution in [0.2, 0.25) is 0 Å². The monoisotopic (exact) mass is 179 g/mol. The summed E-state index contributed by atoms with van der Waals surface area (Å²) in [5.41, 5.74) is 5.09.